The van der Waals surface area contributed by atoms with Crippen molar-refractivity contribution in [2.45, 2.75) is 19.2 Å². The van der Waals surface area contributed by atoms with Crippen LogP contribution in [0.4, 0.5) is 4.79 Å². The molecule has 6 nitrogen and oxygen atoms in total. The third-order valence-electron chi connectivity index (χ3n) is 3.38. The Morgan fingerprint density at radius 2 is 1.68 bits per heavy atom. The molecular weight excluding hydrogens is 320 g/mol. The number of nitrogens with one attached hydrogen (secondary N) is 2. The van der Waals surface area contributed by atoms with Crippen molar-refractivity contribution in [2.75, 3.05) is 13.6 Å². The van der Waals surface area contributed by atoms with Crippen molar-refractivity contribution >= 4 is 12.0 Å². The van der Waals surface area contributed by atoms with E-state index < -0.39 is 31.7 Å². The Morgan fingerprint density at radius 3 is 2.32 bits per heavy atom. The maximum Gasteiger partial charge on any atom is 0.408 e. The summed E-state index contributed by atoms with van der Waals surface area (Å²) in [6.45, 7) is -0.270. The minimum atomic E-state index is -2.69. The summed E-state index contributed by atoms with van der Waals surface area (Å²) in [4.78, 5) is 24.4. The molecule has 0 aliphatic heterocycles. The molecule has 6 heteroatoms. The maximum atomic E-state index is 12.4. The second-order valence-electron chi connectivity index (χ2n) is 5.27. The van der Waals surface area contributed by atoms with E-state index >= 15 is 0 Å². The first-order valence-corrected chi connectivity index (χ1v) is 7.76. The molecule has 1 atom stereocenters. The fourth-order valence-electron chi connectivity index (χ4n) is 2.08. The molecule has 0 aromatic heterocycles. The zero-order chi connectivity index (χ0) is 20.4. The number of rotatable bonds is 8. The number of benzene rings is 2. The van der Waals surface area contributed by atoms with E-state index in [-0.39, 0.29) is 13.2 Å². The van der Waals surface area contributed by atoms with E-state index in [4.69, 9.17) is 13.6 Å². The van der Waals surface area contributed by atoms with Gasteiger partial charge in [-0.05, 0) is 11.1 Å². The first kappa shape index (κ1) is 14.5. The molecule has 0 aliphatic carbocycles. The van der Waals surface area contributed by atoms with Gasteiger partial charge in [0.1, 0.15) is 12.6 Å². The lowest BCUT2D eigenvalue weighted by atomic mass is 10.2. The quantitative estimate of drug-likeness (QED) is 0.769. The standard InChI is InChI=1S/C19H22N2O4/c1-24-14-17(18(22)20-12-15-8-4-2-5-9-15)21-19(23)25-13-16-10-6-3-7-11-16/h2-11,17H,12-14H2,1H3,(H,20,22)(H,21,23)/t17-/m1/s1/i1D3. The van der Waals surface area contributed by atoms with Crippen molar-refractivity contribution in [3.8, 4) is 0 Å². The molecule has 0 saturated carbocycles. The van der Waals surface area contributed by atoms with Crippen LogP contribution in [0.3, 0.4) is 0 Å². The second kappa shape index (κ2) is 10.1. The maximum absolute atomic E-state index is 12.4. The number of hydrogen-bond donors (Lipinski definition) is 2. The van der Waals surface area contributed by atoms with Crippen molar-refractivity contribution in [1.29, 1.82) is 0 Å². The van der Waals surface area contributed by atoms with E-state index in [0.717, 1.165) is 11.1 Å². The van der Waals surface area contributed by atoms with Gasteiger partial charge in [0.05, 0.1) is 10.7 Å². The number of ether oxygens (including phenoxy) is 2. The second-order valence-corrected chi connectivity index (χ2v) is 5.27. The van der Waals surface area contributed by atoms with E-state index in [1.807, 2.05) is 36.4 Å². The summed E-state index contributed by atoms with van der Waals surface area (Å²) < 4.78 is 31.1. The molecule has 0 fully saturated rings. The predicted molar refractivity (Wildman–Crippen MR) is 93.7 cm³/mol. The van der Waals surface area contributed by atoms with Crippen molar-refractivity contribution < 1.29 is 23.2 Å². The number of carbonyl (C=O) groups excluding carboxylic acids is 2. The molecule has 0 aliphatic rings. The number of amides is 2. The largest absolute Gasteiger partial charge is 0.445 e. The van der Waals surface area contributed by atoms with Gasteiger partial charge in [0, 0.05) is 13.6 Å². The summed E-state index contributed by atoms with van der Waals surface area (Å²) in [6, 6.07) is 17.0. The van der Waals surface area contributed by atoms with Gasteiger partial charge in [0.25, 0.3) is 0 Å². The molecule has 132 valence electrons. The molecule has 0 saturated heterocycles. The monoisotopic (exact) mass is 345 g/mol. The Balaban J connectivity index is 1.91. The van der Waals surface area contributed by atoms with E-state index in [9.17, 15) is 9.59 Å². The highest BCUT2D eigenvalue weighted by Crippen LogP contribution is 2.01. The lowest BCUT2D eigenvalue weighted by Crippen LogP contribution is -2.49. The Kier molecular flexibility index (Phi) is 5.85. The zero-order valence-corrected chi connectivity index (χ0v) is 13.6. The molecule has 0 radical (unpaired) electrons. The van der Waals surface area contributed by atoms with Crippen LogP contribution in [0.15, 0.2) is 60.7 Å². The summed E-state index contributed by atoms with van der Waals surface area (Å²) in [5.74, 6) is -0.579. The van der Waals surface area contributed by atoms with E-state index in [2.05, 4.69) is 10.6 Å². The molecule has 25 heavy (non-hydrogen) atoms. The van der Waals surface area contributed by atoms with Crippen LogP contribution in [0.5, 0.6) is 0 Å². The average molecular weight is 345 g/mol. The van der Waals surface area contributed by atoms with Gasteiger partial charge >= 0.3 is 6.09 Å². The van der Waals surface area contributed by atoms with Crippen LogP contribution in [0.1, 0.15) is 15.2 Å². The lowest BCUT2D eigenvalue weighted by Gasteiger charge is -2.17. The highest BCUT2D eigenvalue weighted by atomic mass is 16.5. The van der Waals surface area contributed by atoms with Gasteiger partial charge < -0.3 is 20.1 Å². The topological polar surface area (TPSA) is 76.7 Å². The first-order chi connectivity index (χ1) is 13.3. The zero-order valence-electron chi connectivity index (χ0n) is 16.6. The van der Waals surface area contributed by atoms with Gasteiger partial charge in [-0.1, -0.05) is 60.7 Å². The van der Waals surface area contributed by atoms with Crippen LogP contribution < -0.4 is 10.6 Å². The molecule has 2 N–H and O–H groups in total. The molecule has 0 spiro atoms. The third kappa shape index (κ3) is 6.64. The van der Waals surface area contributed by atoms with Crippen molar-refractivity contribution in [2.24, 2.45) is 0 Å². The number of alkyl carbamates (subject to hydrolysis) is 1. The van der Waals surface area contributed by atoms with Gasteiger partial charge in [-0.15, -0.1) is 0 Å². The molecule has 0 unspecified atom stereocenters. The number of carbonyl (C=O) groups is 2. The first-order valence-electron chi connectivity index (χ1n) is 9.26. The van der Waals surface area contributed by atoms with E-state index in [1.165, 1.54) is 0 Å². The minimum absolute atomic E-state index is 0.0190. The van der Waals surface area contributed by atoms with Crippen molar-refractivity contribution in [1.82, 2.24) is 10.6 Å². The molecule has 0 bridgehead atoms. The summed E-state index contributed by atoms with van der Waals surface area (Å²) in [6.07, 6.45) is -0.849. The normalized spacial score (nSPS) is 13.7. The van der Waals surface area contributed by atoms with Crippen LogP contribution in [0, 0.1) is 0 Å². The average Bonchev–Trinajstić information content (AvgIpc) is 2.68. The van der Waals surface area contributed by atoms with Gasteiger partial charge in [0.15, 0.2) is 0 Å². The molecule has 2 amide bonds. The minimum Gasteiger partial charge on any atom is -0.445 e. The van der Waals surface area contributed by atoms with Crippen LogP contribution in [0.2, 0.25) is 0 Å². The van der Waals surface area contributed by atoms with Crippen LogP contribution in [-0.2, 0) is 27.4 Å². The van der Waals surface area contributed by atoms with E-state index in [0.29, 0.717) is 0 Å². The lowest BCUT2D eigenvalue weighted by molar-refractivity contribution is -0.124. The van der Waals surface area contributed by atoms with Gasteiger partial charge in [-0.2, -0.15) is 0 Å². The van der Waals surface area contributed by atoms with Crippen LogP contribution in [-0.4, -0.2) is 31.7 Å². The SMILES string of the molecule is [2H]C([2H])([2H])OC[C@@H](NC(=O)OCc1ccccc1)C(=O)NCc1ccccc1. The van der Waals surface area contributed by atoms with Crippen LogP contribution in [0.25, 0.3) is 0 Å². The summed E-state index contributed by atoms with van der Waals surface area (Å²) in [5.41, 5.74) is 1.64. The Labute approximate surface area is 151 Å². The van der Waals surface area contributed by atoms with Crippen molar-refractivity contribution in [3.63, 3.8) is 0 Å². The van der Waals surface area contributed by atoms with Gasteiger partial charge in [0.2, 0.25) is 5.91 Å². The van der Waals surface area contributed by atoms with Gasteiger partial charge in [-0.3, -0.25) is 4.79 Å². The highest BCUT2D eigenvalue weighted by molar-refractivity contribution is 5.85. The third-order valence-corrected chi connectivity index (χ3v) is 3.38. The summed E-state index contributed by atoms with van der Waals surface area (Å²) in [7, 11) is -2.69. The van der Waals surface area contributed by atoms with Crippen LogP contribution >= 0.6 is 0 Å². The molecule has 2 aromatic rings. The predicted octanol–water partition coefficient (Wildman–Crippen LogP) is 2.24. The van der Waals surface area contributed by atoms with E-state index in [1.54, 1.807) is 24.3 Å². The Morgan fingerprint density at radius 1 is 1.04 bits per heavy atom. The Bertz CT molecular complexity index is 755. The molecule has 2 rings (SSSR count). The molecule has 0 heterocycles. The summed E-state index contributed by atoms with van der Waals surface area (Å²) >= 11 is 0. The van der Waals surface area contributed by atoms with Crippen molar-refractivity contribution in [3.05, 3.63) is 71.8 Å². The van der Waals surface area contributed by atoms with Gasteiger partial charge in [-0.25, -0.2) is 4.79 Å². The number of hydrogen-bond acceptors (Lipinski definition) is 4. The fourth-order valence-corrected chi connectivity index (χ4v) is 2.08. The molecule has 2 aromatic carbocycles. The summed E-state index contributed by atoms with van der Waals surface area (Å²) in [5, 5.41) is 4.99. The Hall–Kier alpha value is -2.86. The molecular formula is C19H22N2O4. The highest BCUT2D eigenvalue weighted by Gasteiger charge is 2.21. The fraction of sp³-hybridized carbons (Fsp3) is 0.263. The number of methoxy groups -OCH3 is 1. The smallest absolute Gasteiger partial charge is 0.408 e.